The molecule has 0 spiro atoms. The number of carbonyl (C=O) groups is 1. The zero-order valence-electron chi connectivity index (χ0n) is 17.9. The highest BCUT2D eigenvalue weighted by molar-refractivity contribution is 5.94. The average Bonchev–Trinajstić information content (AvgIpc) is 3.24. The van der Waals surface area contributed by atoms with E-state index >= 15 is 4.39 Å². The van der Waals surface area contributed by atoms with Gasteiger partial charge in [-0.25, -0.2) is 9.07 Å². The summed E-state index contributed by atoms with van der Waals surface area (Å²) in [7, 11) is 1.41. The number of carbonyl (C=O) groups excluding carboxylic acids is 1. The molecule has 0 radical (unpaired) electrons. The van der Waals surface area contributed by atoms with E-state index in [-0.39, 0.29) is 17.3 Å². The molecule has 7 nitrogen and oxygen atoms in total. The molecule has 0 saturated carbocycles. The second kappa shape index (κ2) is 7.85. The molecule has 3 heterocycles. The molecule has 4 rings (SSSR count). The molecule has 1 aromatic carbocycles. The Morgan fingerprint density at radius 2 is 1.91 bits per heavy atom. The quantitative estimate of drug-likeness (QED) is 0.555. The van der Waals surface area contributed by atoms with Crippen molar-refractivity contribution in [3.05, 3.63) is 57.9 Å². The van der Waals surface area contributed by atoms with Gasteiger partial charge in [-0.1, -0.05) is 0 Å². The maximum absolute atomic E-state index is 15.3. The molecule has 32 heavy (non-hydrogen) atoms. The second-order valence-corrected chi connectivity index (χ2v) is 7.82. The number of hydrogen-bond acceptors (Lipinski definition) is 5. The number of aromatic nitrogens is 3. The Morgan fingerprint density at radius 3 is 2.47 bits per heavy atom. The molecule has 0 bridgehead atoms. The first kappa shape index (κ1) is 21.7. The van der Waals surface area contributed by atoms with Crippen molar-refractivity contribution in [1.82, 2.24) is 14.5 Å². The Balaban J connectivity index is 1.99. The fourth-order valence-electron chi connectivity index (χ4n) is 3.90. The molecule has 0 N–H and O–H groups in total. The Bertz CT molecular complexity index is 1280. The Morgan fingerprint density at radius 1 is 1.19 bits per heavy atom. The number of rotatable bonds is 5. The van der Waals surface area contributed by atoms with Crippen LogP contribution in [-0.4, -0.2) is 33.4 Å². The van der Waals surface area contributed by atoms with Gasteiger partial charge in [-0.15, -0.1) is 0 Å². The lowest BCUT2D eigenvalue weighted by atomic mass is 9.94. The number of Topliss-reactive ketones (excluding diaryl/α,β-unsaturated/α-hetero) is 1. The molecule has 1 aliphatic heterocycles. The van der Waals surface area contributed by atoms with Gasteiger partial charge in [-0.2, -0.15) is 13.9 Å². The van der Waals surface area contributed by atoms with Crippen molar-refractivity contribution in [1.29, 1.82) is 0 Å². The summed E-state index contributed by atoms with van der Waals surface area (Å²) in [6.45, 7) is 2.56. The highest BCUT2D eigenvalue weighted by Gasteiger charge is 2.30. The van der Waals surface area contributed by atoms with E-state index in [0.717, 1.165) is 0 Å². The smallest absolute Gasteiger partial charge is 0.333 e. The third-order valence-electron chi connectivity index (χ3n) is 5.51. The number of halogens is 3. The van der Waals surface area contributed by atoms with Gasteiger partial charge in [0.1, 0.15) is 11.4 Å². The zero-order chi connectivity index (χ0) is 23.3. The molecule has 0 saturated heterocycles. The highest BCUT2D eigenvalue weighted by atomic mass is 19.3. The first-order valence-corrected chi connectivity index (χ1v) is 9.91. The first-order valence-electron chi connectivity index (χ1n) is 9.91. The van der Waals surface area contributed by atoms with Crippen molar-refractivity contribution in [3.63, 3.8) is 0 Å². The van der Waals surface area contributed by atoms with E-state index < -0.39 is 23.6 Å². The molecule has 168 valence electrons. The Kier molecular flexibility index (Phi) is 5.31. The fraction of sp³-hybridized carbons (Fsp3) is 0.318. The lowest BCUT2D eigenvalue weighted by molar-refractivity contribution is 0.0566. The van der Waals surface area contributed by atoms with Crippen molar-refractivity contribution in [2.45, 2.75) is 39.9 Å². The lowest BCUT2D eigenvalue weighted by Gasteiger charge is -2.38. The molecule has 0 amide bonds. The van der Waals surface area contributed by atoms with E-state index in [2.05, 4.69) is 5.10 Å². The zero-order valence-corrected chi connectivity index (χ0v) is 17.9. The highest BCUT2D eigenvalue weighted by Crippen LogP contribution is 2.40. The molecule has 1 aliphatic rings. The first-order chi connectivity index (χ1) is 15.1. The largest absolute Gasteiger partial charge is 0.496 e. The maximum atomic E-state index is 15.3. The number of pyridine rings is 1. The van der Waals surface area contributed by atoms with Crippen LogP contribution in [0.5, 0.6) is 5.75 Å². The summed E-state index contributed by atoms with van der Waals surface area (Å²) < 4.78 is 48.8. The summed E-state index contributed by atoms with van der Waals surface area (Å²) in [6.07, 6.45) is 3.87. The van der Waals surface area contributed by atoms with Crippen LogP contribution in [0.2, 0.25) is 0 Å². The van der Waals surface area contributed by atoms with E-state index in [1.54, 1.807) is 12.1 Å². The van der Waals surface area contributed by atoms with Crippen LogP contribution in [0.1, 0.15) is 43.2 Å². The Hall–Kier alpha value is -3.56. The van der Waals surface area contributed by atoms with Gasteiger partial charge in [0.15, 0.2) is 11.6 Å². The molecule has 0 fully saturated rings. The van der Waals surface area contributed by atoms with E-state index in [4.69, 9.17) is 4.74 Å². The molecule has 2 aromatic heterocycles. The number of nitrogens with zero attached hydrogens (tertiary/aromatic N) is 4. The third kappa shape index (κ3) is 3.35. The van der Waals surface area contributed by atoms with Gasteiger partial charge in [0.25, 0.3) is 0 Å². The number of fused-ring (bicyclic) bond motifs is 3. The van der Waals surface area contributed by atoms with Gasteiger partial charge in [0.2, 0.25) is 5.43 Å². The standard InChI is InChI=1S/C22H21F3N4O3/c1-11(2)28-9-13-5-15(14-7-26-27(8-14)22(24)25)18(32-4)6-16(13)20-19(23)21(31)17(12(3)30)10-29(20)28/h5-8,10-11,22H,9H2,1-4H3. The van der Waals surface area contributed by atoms with E-state index in [1.807, 2.05) is 18.9 Å². The third-order valence-corrected chi connectivity index (χ3v) is 5.51. The predicted octanol–water partition coefficient (Wildman–Crippen LogP) is 3.98. The fourth-order valence-corrected chi connectivity index (χ4v) is 3.90. The van der Waals surface area contributed by atoms with Crippen LogP contribution in [0.3, 0.4) is 0 Å². The minimum atomic E-state index is -2.79. The van der Waals surface area contributed by atoms with Crippen molar-refractivity contribution in [3.8, 4) is 28.1 Å². The van der Waals surface area contributed by atoms with Crippen molar-refractivity contribution >= 4 is 5.78 Å². The second-order valence-electron chi connectivity index (χ2n) is 7.82. The topological polar surface area (TPSA) is 69.4 Å². The summed E-state index contributed by atoms with van der Waals surface area (Å²) in [5.74, 6) is -1.25. The normalized spacial score (nSPS) is 12.8. The summed E-state index contributed by atoms with van der Waals surface area (Å²) in [4.78, 5) is 24.4. The number of alkyl halides is 2. The minimum Gasteiger partial charge on any atom is -0.496 e. The minimum absolute atomic E-state index is 0.0167. The molecule has 3 aromatic rings. The van der Waals surface area contributed by atoms with Crippen LogP contribution in [0, 0.1) is 5.82 Å². The number of hydrogen-bond donors (Lipinski definition) is 0. The van der Waals surface area contributed by atoms with Crippen molar-refractivity contribution < 1.29 is 22.7 Å². The summed E-state index contributed by atoms with van der Waals surface area (Å²) in [5.41, 5.74) is 0.837. The van der Waals surface area contributed by atoms with Gasteiger partial charge >= 0.3 is 6.55 Å². The molecule has 10 heteroatoms. The number of ether oxygens (including phenoxy) is 1. The monoisotopic (exact) mass is 446 g/mol. The molecule has 0 unspecified atom stereocenters. The van der Waals surface area contributed by atoms with Crippen molar-refractivity contribution in [2.75, 3.05) is 12.1 Å². The summed E-state index contributed by atoms with van der Waals surface area (Å²) in [6, 6.07) is 3.20. The van der Waals surface area contributed by atoms with E-state index in [1.165, 1.54) is 37.3 Å². The van der Waals surface area contributed by atoms with Gasteiger partial charge in [0.05, 0.1) is 25.4 Å². The van der Waals surface area contributed by atoms with E-state index in [0.29, 0.717) is 39.2 Å². The lowest BCUT2D eigenvalue weighted by Crippen LogP contribution is -2.45. The predicted molar refractivity (Wildman–Crippen MR) is 112 cm³/mol. The maximum Gasteiger partial charge on any atom is 0.333 e. The number of methoxy groups -OCH3 is 1. The molecule has 0 aliphatic carbocycles. The SMILES string of the molecule is COc1cc2c(cc1-c1cnn(C(F)F)c1)CN(C(C)C)n1cc(C(C)=O)c(=O)c(F)c1-2. The molecular formula is C22H21F3N4O3. The summed E-state index contributed by atoms with van der Waals surface area (Å²) >= 11 is 0. The number of ketones is 1. The Labute approximate surface area is 181 Å². The molecular weight excluding hydrogens is 425 g/mol. The number of benzene rings is 1. The van der Waals surface area contributed by atoms with Gasteiger partial charge in [-0.3, -0.25) is 14.3 Å². The van der Waals surface area contributed by atoms with Crippen LogP contribution in [-0.2, 0) is 6.54 Å². The van der Waals surface area contributed by atoms with Gasteiger partial charge in [0, 0.05) is 35.1 Å². The van der Waals surface area contributed by atoms with Crippen LogP contribution < -0.4 is 15.2 Å². The van der Waals surface area contributed by atoms with Crippen LogP contribution in [0.15, 0.2) is 35.5 Å². The molecule has 0 atom stereocenters. The van der Waals surface area contributed by atoms with Crippen LogP contribution in [0.4, 0.5) is 13.2 Å². The average molecular weight is 446 g/mol. The van der Waals surface area contributed by atoms with E-state index in [9.17, 15) is 18.4 Å². The van der Waals surface area contributed by atoms with Crippen LogP contribution >= 0.6 is 0 Å². The van der Waals surface area contributed by atoms with Crippen molar-refractivity contribution in [2.24, 2.45) is 0 Å². The van der Waals surface area contributed by atoms with Crippen LogP contribution in [0.25, 0.3) is 22.4 Å². The summed E-state index contributed by atoms with van der Waals surface area (Å²) in [5, 5.41) is 5.48. The van der Waals surface area contributed by atoms with Gasteiger partial charge < -0.3 is 9.75 Å². The van der Waals surface area contributed by atoms with Gasteiger partial charge in [-0.05, 0) is 38.5 Å².